The number of nitrogens with zero attached hydrogens (tertiary/aromatic N) is 3. The van der Waals surface area contributed by atoms with Gasteiger partial charge >= 0.3 is 0 Å². The molecule has 0 saturated heterocycles. The van der Waals surface area contributed by atoms with E-state index in [4.69, 9.17) is 9.97 Å². The average molecular weight is 604 g/mol. The molecule has 11 rings (SSSR count). The number of benzene rings is 6. The molecule has 9 aromatic rings. The molecule has 4 heteroatoms. The smallest absolute Gasteiger partial charge is 0.165 e. The molecule has 3 aromatic heterocycles. The molecule has 6 aromatic carbocycles. The SMILES string of the molecule is C1=C2c3ccccc3-c3ccc(-c4nc5sc6ccccc6c5nc4-n4c5ccccc5c5cc6ccccc6cc54)c(c32)CC1. The summed E-state index contributed by atoms with van der Waals surface area (Å²) in [5, 5.41) is 6.07. The third-order valence-electron chi connectivity index (χ3n) is 10.0. The molecule has 0 unspecified atom stereocenters. The number of thiophene rings is 1. The number of allylic oxidation sites excluding steroid dienone is 1. The summed E-state index contributed by atoms with van der Waals surface area (Å²) in [6, 6.07) is 44.1. The van der Waals surface area contributed by atoms with E-state index in [0.29, 0.717) is 0 Å². The molecule has 46 heavy (non-hydrogen) atoms. The van der Waals surface area contributed by atoms with Gasteiger partial charge < -0.3 is 0 Å². The molecule has 2 aliphatic carbocycles. The number of fused-ring (bicyclic) bond motifs is 10. The summed E-state index contributed by atoms with van der Waals surface area (Å²) in [6.45, 7) is 0. The van der Waals surface area contributed by atoms with Crippen molar-refractivity contribution < 1.29 is 0 Å². The Labute approximate surface area is 268 Å². The quantitative estimate of drug-likeness (QED) is 0.197. The summed E-state index contributed by atoms with van der Waals surface area (Å²) in [5.41, 5.74) is 13.5. The zero-order valence-electron chi connectivity index (χ0n) is 24.8. The largest absolute Gasteiger partial charge is 0.292 e. The van der Waals surface area contributed by atoms with Gasteiger partial charge in [0, 0.05) is 26.4 Å². The molecule has 0 spiro atoms. The molecule has 0 aliphatic heterocycles. The van der Waals surface area contributed by atoms with Crippen LogP contribution in [0.3, 0.4) is 0 Å². The minimum absolute atomic E-state index is 0.889. The van der Waals surface area contributed by atoms with Gasteiger partial charge in [-0.15, -0.1) is 11.3 Å². The normalized spacial score (nSPS) is 13.6. The lowest BCUT2D eigenvalue weighted by molar-refractivity contribution is 0.979. The van der Waals surface area contributed by atoms with Crippen molar-refractivity contribution in [3.63, 3.8) is 0 Å². The molecular formula is C42H25N3S. The molecule has 0 N–H and O–H groups in total. The van der Waals surface area contributed by atoms with Crippen LogP contribution in [0.1, 0.15) is 23.1 Å². The Morgan fingerprint density at radius 3 is 2.24 bits per heavy atom. The maximum Gasteiger partial charge on any atom is 0.165 e. The van der Waals surface area contributed by atoms with E-state index in [0.717, 1.165) is 51.1 Å². The third-order valence-corrected chi connectivity index (χ3v) is 11.1. The van der Waals surface area contributed by atoms with Gasteiger partial charge in [0.1, 0.15) is 16.0 Å². The molecule has 0 bridgehead atoms. The van der Waals surface area contributed by atoms with Crippen LogP contribution >= 0.6 is 11.3 Å². The van der Waals surface area contributed by atoms with Gasteiger partial charge in [0.05, 0.1) is 11.0 Å². The topological polar surface area (TPSA) is 30.7 Å². The summed E-state index contributed by atoms with van der Waals surface area (Å²) >= 11 is 1.73. The van der Waals surface area contributed by atoms with Crippen LogP contribution in [0.25, 0.3) is 86.8 Å². The summed E-state index contributed by atoms with van der Waals surface area (Å²) in [5.74, 6) is 0.889. The molecule has 3 nitrogen and oxygen atoms in total. The van der Waals surface area contributed by atoms with Crippen molar-refractivity contribution in [3.8, 4) is 28.2 Å². The molecule has 0 atom stereocenters. The second-order valence-electron chi connectivity index (χ2n) is 12.4. The first kappa shape index (κ1) is 24.7. The number of hydrogen-bond acceptors (Lipinski definition) is 3. The van der Waals surface area contributed by atoms with Crippen LogP contribution in [0.4, 0.5) is 0 Å². The highest BCUT2D eigenvalue weighted by atomic mass is 32.1. The van der Waals surface area contributed by atoms with E-state index >= 15 is 0 Å². The van der Waals surface area contributed by atoms with Crippen molar-refractivity contribution in [1.82, 2.24) is 14.5 Å². The highest BCUT2D eigenvalue weighted by Crippen LogP contribution is 2.51. The van der Waals surface area contributed by atoms with Gasteiger partial charge in [-0.1, -0.05) is 103 Å². The van der Waals surface area contributed by atoms with Gasteiger partial charge in [-0.3, -0.25) is 4.57 Å². The molecule has 2 aliphatic rings. The first-order valence-electron chi connectivity index (χ1n) is 15.9. The Morgan fingerprint density at radius 1 is 0.587 bits per heavy atom. The van der Waals surface area contributed by atoms with Gasteiger partial charge in [-0.2, -0.15) is 0 Å². The molecule has 0 saturated carbocycles. The highest BCUT2D eigenvalue weighted by molar-refractivity contribution is 7.25. The molecule has 0 fully saturated rings. The van der Waals surface area contributed by atoms with Crippen molar-refractivity contribution in [2.75, 3.05) is 0 Å². The highest BCUT2D eigenvalue weighted by Gasteiger charge is 2.31. The lowest BCUT2D eigenvalue weighted by atomic mass is 9.85. The number of aromatic nitrogens is 3. The number of hydrogen-bond donors (Lipinski definition) is 0. The number of rotatable bonds is 2. The van der Waals surface area contributed by atoms with Gasteiger partial charge in [0.15, 0.2) is 5.82 Å². The lowest BCUT2D eigenvalue weighted by Crippen LogP contribution is -2.07. The van der Waals surface area contributed by atoms with Crippen LogP contribution < -0.4 is 0 Å². The Kier molecular flexibility index (Phi) is 4.83. The monoisotopic (exact) mass is 603 g/mol. The third kappa shape index (κ3) is 3.21. The summed E-state index contributed by atoms with van der Waals surface area (Å²) in [6.07, 6.45) is 4.43. The van der Waals surface area contributed by atoms with Crippen LogP contribution in [0.5, 0.6) is 0 Å². The maximum absolute atomic E-state index is 5.60. The molecule has 0 amide bonds. The Bertz CT molecular complexity index is 2810. The fourth-order valence-electron chi connectivity index (χ4n) is 8.05. The maximum atomic E-state index is 5.60. The van der Waals surface area contributed by atoms with Crippen LogP contribution in [0, 0.1) is 0 Å². The van der Waals surface area contributed by atoms with Crippen molar-refractivity contribution in [2.24, 2.45) is 0 Å². The lowest BCUT2D eigenvalue weighted by Gasteiger charge is -2.21. The van der Waals surface area contributed by atoms with Crippen LogP contribution in [0.15, 0.2) is 127 Å². The van der Waals surface area contributed by atoms with Crippen LogP contribution in [-0.4, -0.2) is 14.5 Å². The minimum atomic E-state index is 0.889. The first-order chi connectivity index (χ1) is 22.8. The van der Waals surface area contributed by atoms with Crippen LogP contribution in [0.2, 0.25) is 0 Å². The van der Waals surface area contributed by atoms with E-state index in [1.165, 1.54) is 65.2 Å². The van der Waals surface area contributed by atoms with Gasteiger partial charge in [0.25, 0.3) is 0 Å². The fraction of sp³-hybridized carbons (Fsp3) is 0.0476. The van der Waals surface area contributed by atoms with E-state index in [1.54, 1.807) is 11.3 Å². The Balaban J connectivity index is 1.29. The van der Waals surface area contributed by atoms with Crippen molar-refractivity contribution in [1.29, 1.82) is 0 Å². The zero-order chi connectivity index (χ0) is 29.9. The van der Waals surface area contributed by atoms with Crippen LogP contribution in [-0.2, 0) is 6.42 Å². The number of para-hydroxylation sites is 1. The van der Waals surface area contributed by atoms with Gasteiger partial charge in [-0.25, -0.2) is 9.97 Å². The predicted molar refractivity (Wildman–Crippen MR) is 193 cm³/mol. The van der Waals surface area contributed by atoms with E-state index in [2.05, 4.69) is 132 Å². The summed E-state index contributed by atoms with van der Waals surface area (Å²) in [4.78, 5) is 12.1. The summed E-state index contributed by atoms with van der Waals surface area (Å²) in [7, 11) is 0. The van der Waals surface area contributed by atoms with Gasteiger partial charge in [0.2, 0.25) is 0 Å². The van der Waals surface area contributed by atoms with Crippen molar-refractivity contribution in [2.45, 2.75) is 12.8 Å². The van der Waals surface area contributed by atoms with Crippen molar-refractivity contribution >= 4 is 69.9 Å². The average Bonchev–Trinajstić information content (AvgIpc) is 3.75. The Morgan fingerprint density at radius 2 is 1.33 bits per heavy atom. The fourth-order valence-corrected chi connectivity index (χ4v) is 9.07. The zero-order valence-corrected chi connectivity index (χ0v) is 25.6. The first-order valence-corrected chi connectivity index (χ1v) is 16.7. The van der Waals surface area contributed by atoms with E-state index in [9.17, 15) is 0 Å². The van der Waals surface area contributed by atoms with Gasteiger partial charge in [-0.05, 0) is 81.3 Å². The molecule has 0 radical (unpaired) electrons. The van der Waals surface area contributed by atoms with E-state index in [-0.39, 0.29) is 0 Å². The minimum Gasteiger partial charge on any atom is -0.292 e. The Hall–Kier alpha value is -5.58. The second-order valence-corrected chi connectivity index (χ2v) is 13.5. The standard InChI is InChI=1S/C42H25N3S/c1-2-11-25-23-36-34(22-24(25)10-1)28-14-5-7-18-35(28)45(36)41-39(44-42-40(43-41)33-15-6-8-19-37(33)46-42)32-21-20-31-27-13-4-3-12-26(27)29-16-9-17-30(32)38(29)31/h1-8,10-16,18-23H,9,17H2. The second kappa shape index (κ2) is 9.00. The van der Waals surface area contributed by atoms with E-state index < -0.39 is 0 Å². The molecular weight excluding hydrogens is 579 g/mol. The molecule has 3 heterocycles. The van der Waals surface area contributed by atoms with E-state index in [1.807, 2.05) is 0 Å². The molecule has 214 valence electrons. The summed E-state index contributed by atoms with van der Waals surface area (Å²) < 4.78 is 3.59. The van der Waals surface area contributed by atoms with Crippen molar-refractivity contribution in [3.05, 3.63) is 144 Å². The predicted octanol–water partition coefficient (Wildman–Crippen LogP) is 11.1.